The van der Waals surface area contributed by atoms with Crippen molar-refractivity contribution >= 4 is 25.0 Å². The minimum atomic E-state index is -0.272. The number of rotatable bonds is 8. The monoisotopic (exact) mass is 352 g/mol. The maximum atomic E-state index is 12.5. The minimum absolute atomic E-state index is 0.107. The van der Waals surface area contributed by atoms with Crippen LogP contribution in [0.2, 0.25) is 0 Å². The molecule has 2 aromatic rings. The molecule has 6 heteroatoms. The van der Waals surface area contributed by atoms with E-state index in [4.69, 9.17) is 17.7 Å². The maximum absolute atomic E-state index is 12.5. The Balaban J connectivity index is 2.05. The van der Waals surface area contributed by atoms with Crippen LogP contribution in [-0.2, 0) is 11.3 Å². The van der Waals surface area contributed by atoms with Crippen molar-refractivity contribution in [1.82, 2.24) is 5.32 Å². The maximum Gasteiger partial charge on any atom is 0.322 e. The molecule has 0 heterocycles. The molecule has 0 saturated carbocycles. The summed E-state index contributed by atoms with van der Waals surface area (Å²) in [4.78, 5) is 14.1. The molecule has 0 aliphatic rings. The third kappa shape index (κ3) is 5.61. The lowest BCUT2D eigenvalue weighted by Crippen LogP contribution is -2.43. The van der Waals surface area contributed by atoms with Crippen LogP contribution in [0.4, 0.5) is 10.5 Å². The molecule has 0 spiro atoms. The fraction of sp³-hybridized carbons (Fsp3) is 0.350. The second-order valence-electron chi connectivity index (χ2n) is 6.14. The number of carbonyl (C=O) groups is 1. The van der Waals surface area contributed by atoms with Gasteiger partial charge < -0.3 is 15.2 Å². The van der Waals surface area contributed by atoms with Gasteiger partial charge in [0, 0.05) is 12.2 Å². The Bertz CT molecular complexity index is 699. The van der Waals surface area contributed by atoms with Gasteiger partial charge in [-0.25, -0.2) is 4.79 Å². The largest absolute Gasteiger partial charge is 0.395 e. The number of nitrogens with zero attached hydrogens (tertiary/aromatic N) is 1. The Morgan fingerprint density at radius 1 is 1.19 bits per heavy atom. The van der Waals surface area contributed by atoms with Crippen LogP contribution in [0.1, 0.15) is 16.7 Å². The molecule has 0 aliphatic carbocycles. The molecule has 2 aromatic carbocycles. The van der Waals surface area contributed by atoms with E-state index in [0.717, 1.165) is 27.8 Å². The van der Waals surface area contributed by atoms with Crippen molar-refractivity contribution in [2.75, 3.05) is 31.2 Å². The number of urea groups is 1. The van der Waals surface area contributed by atoms with E-state index in [2.05, 4.69) is 5.32 Å². The van der Waals surface area contributed by atoms with Crippen molar-refractivity contribution < 1.29 is 14.6 Å². The van der Waals surface area contributed by atoms with E-state index >= 15 is 0 Å². The van der Waals surface area contributed by atoms with Crippen LogP contribution >= 0.6 is 0 Å². The predicted octanol–water partition coefficient (Wildman–Crippen LogP) is 1.82. The zero-order valence-electron chi connectivity index (χ0n) is 15.4. The van der Waals surface area contributed by atoms with Crippen LogP contribution < -0.4 is 15.7 Å². The summed E-state index contributed by atoms with van der Waals surface area (Å²) < 4.78 is 5.71. The molecule has 0 unspecified atom stereocenters. The van der Waals surface area contributed by atoms with Crippen LogP contribution in [0, 0.1) is 13.8 Å². The van der Waals surface area contributed by atoms with Gasteiger partial charge in [0.1, 0.15) is 7.85 Å². The van der Waals surface area contributed by atoms with Gasteiger partial charge in [0.25, 0.3) is 0 Å². The molecule has 5 nitrogen and oxygen atoms in total. The molecule has 0 fully saturated rings. The molecular formula is C20H25BN2O3. The fourth-order valence-electron chi connectivity index (χ4n) is 2.63. The number of carbonyl (C=O) groups excluding carboxylic acids is 1. The van der Waals surface area contributed by atoms with Crippen molar-refractivity contribution in [3.8, 4) is 0 Å². The summed E-state index contributed by atoms with van der Waals surface area (Å²) in [6, 6.07) is 13.4. The zero-order chi connectivity index (χ0) is 18.9. The number of ether oxygens (including phenoxy) is 1. The van der Waals surface area contributed by atoms with E-state index in [9.17, 15) is 4.79 Å². The first-order valence-corrected chi connectivity index (χ1v) is 8.67. The standard InChI is InChI=1S/C20H25BN2O3/c1-15-12-18(13-16(2)19(15)21)23(20(25)22-8-10-24)9-11-26-14-17-6-4-3-5-7-17/h3-7,12-13,24H,8-11,14H2,1-2H3,(H,22,25). The van der Waals surface area contributed by atoms with Gasteiger partial charge in [0.2, 0.25) is 0 Å². The molecule has 2 amide bonds. The van der Waals surface area contributed by atoms with Gasteiger partial charge in [-0.2, -0.15) is 0 Å². The highest BCUT2D eigenvalue weighted by Crippen LogP contribution is 2.17. The van der Waals surface area contributed by atoms with Gasteiger partial charge in [0.15, 0.2) is 0 Å². The van der Waals surface area contributed by atoms with E-state index in [1.807, 2.05) is 56.3 Å². The molecule has 0 bridgehead atoms. The summed E-state index contributed by atoms with van der Waals surface area (Å²) in [7, 11) is 6.02. The SMILES string of the molecule is [B]c1c(C)cc(N(CCOCc2ccccc2)C(=O)NCCO)cc1C. The van der Waals surface area contributed by atoms with Crippen LogP contribution in [0.15, 0.2) is 42.5 Å². The number of anilines is 1. The quantitative estimate of drug-likeness (QED) is 0.563. The van der Waals surface area contributed by atoms with E-state index < -0.39 is 0 Å². The summed E-state index contributed by atoms with van der Waals surface area (Å²) in [5.74, 6) is 0. The van der Waals surface area contributed by atoms with Crippen molar-refractivity contribution in [3.05, 3.63) is 59.2 Å². The Morgan fingerprint density at radius 2 is 1.85 bits per heavy atom. The first-order valence-electron chi connectivity index (χ1n) is 8.67. The third-order valence-corrected chi connectivity index (χ3v) is 4.09. The van der Waals surface area contributed by atoms with Gasteiger partial charge in [-0.3, -0.25) is 4.90 Å². The second-order valence-corrected chi connectivity index (χ2v) is 6.14. The summed E-state index contributed by atoms with van der Waals surface area (Å²) in [6.07, 6.45) is 0. The van der Waals surface area contributed by atoms with Crippen molar-refractivity contribution in [2.24, 2.45) is 0 Å². The van der Waals surface area contributed by atoms with Gasteiger partial charge in [-0.1, -0.05) is 46.9 Å². The molecule has 2 radical (unpaired) electrons. The first kappa shape index (κ1) is 20.0. The van der Waals surface area contributed by atoms with E-state index in [1.54, 1.807) is 4.90 Å². The van der Waals surface area contributed by atoms with Gasteiger partial charge in [0.05, 0.1) is 26.4 Å². The van der Waals surface area contributed by atoms with Crippen molar-refractivity contribution in [3.63, 3.8) is 0 Å². The normalized spacial score (nSPS) is 10.6. The van der Waals surface area contributed by atoms with Crippen LogP contribution in [-0.4, -0.2) is 45.3 Å². The summed E-state index contributed by atoms with van der Waals surface area (Å²) in [6.45, 7) is 5.21. The smallest absolute Gasteiger partial charge is 0.322 e. The minimum Gasteiger partial charge on any atom is -0.395 e. The Hall–Kier alpha value is -2.31. The highest BCUT2D eigenvalue weighted by atomic mass is 16.5. The van der Waals surface area contributed by atoms with E-state index in [-0.39, 0.29) is 19.2 Å². The fourth-order valence-corrected chi connectivity index (χ4v) is 2.63. The Kier molecular flexibility index (Phi) is 7.69. The number of nitrogens with one attached hydrogen (secondary N) is 1. The van der Waals surface area contributed by atoms with Crippen LogP contribution in [0.25, 0.3) is 0 Å². The van der Waals surface area contributed by atoms with Crippen LogP contribution in [0.5, 0.6) is 0 Å². The second kappa shape index (κ2) is 9.99. The number of amides is 2. The predicted molar refractivity (Wildman–Crippen MR) is 105 cm³/mol. The third-order valence-electron chi connectivity index (χ3n) is 4.09. The number of aliphatic hydroxyl groups excluding tert-OH is 1. The molecule has 26 heavy (non-hydrogen) atoms. The topological polar surface area (TPSA) is 61.8 Å². The lowest BCUT2D eigenvalue weighted by Gasteiger charge is -2.25. The number of hydrogen-bond acceptors (Lipinski definition) is 3. The lowest BCUT2D eigenvalue weighted by atomic mass is 9.86. The molecular weight excluding hydrogens is 327 g/mol. The zero-order valence-corrected chi connectivity index (χ0v) is 15.4. The summed E-state index contributed by atoms with van der Waals surface area (Å²) in [5.41, 5.74) is 4.41. The number of benzene rings is 2. The van der Waals surface area contributed by atoms with Gasteiger partial charge in [-0.05, 0) is 31.5 Å². The molecule has 0 saturated heterocycles. The van der Waals surface area contributed by atoms with Crippen LogP contribution in [0.3, 0.4) is 0 Å². The molecule has 0 atom stereocenters. The summed E-state index contributed by atoms with van der Waals surface area (Å²) in [5, 5.41) is 11.7. The highest BCUT2D eigenvalue weighted by molar-refractivity contribution is 6.34. The highest BCUT2D eigenvalue weighted by Gasteiger charge is 2.16. The van der Waals surface area contributed by atoms with Gasteiger partial charge >= 0.3 is 6.03 Å². The first-order chi connectivity index (χ1) is 12.5. The molecule has 0 aliphatic heterocycles. The Morgan fingerprint density at radius 3 is 2.46 bits per heavy atom. The Labute approximate surface area is 156 Å². The number of aliphatic hydroxyl groups is 1. The average molecular weight is 352 g/mol. The molecule has 2 rings (SSSR count). The molecule has 0 aromatic heterocycles. The molecule has 136 valence electrons. The van der Waals surface area contributed by atoms with E-state index in [0.29, 0.717) is 19.8 Å². The summed E-state index contributed by atoms with van der Waals surface area (Å²) >= 11 is 0. The van der Waals surface area contributed by atoms with Crippen molar-refractivity contribution in [1.29, 1.82) is 0 Å². The number of aryl methyl sites for hydroxylation is 2. The van der Waals surface area contributed by atoms with E-state index in [1.165, 1.54) is 0 Å². The molecule has 2 N–H and O–H groups in total. The average Bonchev–Trinajstić information content (AvgIpc) is 2.64. The number of hydrogen-bond donors (Lipinski definition) is 2. The van der Waals surface area contributed by atoms with Crippen molar-refractivity contribution in [2.45, 2.75) is 20.5 Å². The van der Waals surface area contributed by atoms with Gasteiger partial charge in [-0.15, -0.1) is 0 Å². The lowest BCUT2D eigenvalue weighted by molar-refractivity contribution is 0.127.